The van der Waals surface area contributed by atoms with Crippen molar-refractivity contribution in [2.24, 2.45) is 0 Å². The molecule has 0 aliphatic carbocycles. The average Bonchev–Trinajstić information content (AvgIpc) is 2.45. The molecule has 0 aromatic heterocycles. The van der Waals surface area contributed by atoms with Gasteiger partial charge in [0, 0.05) is 29.9 Å². The van der Waals surface area contributed by atoms with Gasteiger partial charge in [-0.15, -0.1) is 0 Å². The second-order valence-electron chi connectivity index (χ2n) is 6.00. The molecule has 0 fully saturated rings. The Labute approximate surface area is 126 Å². The lowest BCUT2D eigenvalue weighted by atomic mass is 9.84. The predicted octanol–water partition coefficient (Wildman–Crippen LogP) is 4.21. The number of likely N-dealkylation sites (N-methyl/N-ethyl adjacent to an activating group) is 1. The molecule has 0 bridgehead atoms. The molecule has 0 unspecified atom stereocenters. The highest BCUT2D eigenvalue weighted by molar-refractivity contribution is 5.48. The van der Waals surface area contributed by atoms with Crippen LogP contribution in [-0.2, 0) is 5.41 Å². The number of benzene rings is 2. The van der Waals surface area contributed by atoms with Crippen LogP contribution in [0.4, 0.5) is 15.8 Å². The Morgan fingerprint density at radius 2 is 1.76 bits per heavy atom. The van der Waals surface area contributed by atoms with E-state index in [0.29, 0.717) is 0 Å². The van der Waals surface area contributed by atoms with Crippen LogP contribution < -0.4 is 10.6 Å². The molecule has 2 nitrogen and oxygen atoms in total. The maximum Gasteiger partial charge on any atom is 0.125 e. The van der Waals surface area contributed by atoms with Crippen LogP contribution in [0.1, 0.15) is 26.3 Å². The summed E-state index contributed by atoms with van der Waals surface area (Å²) in [5.74, 6) is -0.198. The zero-order valence-corrected chi connectivity index (χ0v) is 12.9. The van der Waals surface area contributed by atoms with Crippen LogP contribution in [0.15, 0.2) is 48.5 Å². The van der Waals surface area contributed by atoms with Gasteiger partial charge in [0.1, 0.15) is 5.82 Å². The molecule has 0 saturated heterocycles. The predicted molar refractivity (Wildman–Crippen MR) is 88.2 cm³/mol. The molecule has 0 atom stereocenters. The van der Waals surface area contributed by atoms with Crippen molar-refractivity contribution < 1.29 is 4.39 Å². The molecule has 0 aliphatic rings. The van der Waals surface area contributed by atoms with Crippen LogP contribution in [0.5, 0.6) is 0 Å². The van der Waals surface area contributed by atoms with Gasteiger partial charge >= 0.3 is 0 Å². The number of nitrogens with two attached hydrogens (primary N) is 1. The molecule has 2 N–H and O–H groups in total. The average molecular weight is 286 g/mol. The Morgan fingerprint density at radius 1 is 1.10 bits per heavy atom. The third kappa shape index (κ3) is 3.75. The first-order chi connectivity index (χ1) is 9.92. The summed E-state index contributed by atoms with van der Waals surface area (Å²) in [6.07, 6.45) is 0. The van der Waals surface area contributed by atoms with E-state index in [1.54, 1.807) is 12.1 Å². The van der Waals surface area contributed by atoms with Gasteiger partial charge in [-0.3, -0.25) is 0 Å². The van der Waals surface area contributed by atoms with Gasteiger partial charge in [-0.1, -0.05) is 32.0 Å². The first-order valence-corrected chi connectivity index (χ1v) is 7.29. The van der Waals surface area contributed by atoms with Gasteiger partial charge < -0.3 is 10.6 Å². The summed E-state index contributed by atoms with van der Waals surface area (Å²) in [6, 6.07) is 14.7. The van der Waals surface area contributed by atoms with Crippen molar-refractivity contribution in [3.63, 3.8) is 0 Å². The summed E-state index contributed by atoms with van der Waals surface area (Å²) in [5, 5.41) is 0. The van der Waals surface area contributed by atoms with Crippen molar-refractivity contribution in [2.45, 2.75) is 26.2 Å². The minimum atomic E-state index is -0.198. The Kier molecular flexibility index (Phi) is 4.51. The number of nitrogens with zero attached hydrogens (tertiary/aromatic N) is 1. The van der Waals surface area contributed by atoms with E-state index in [4.69, 9.17) is 5.73 Å². The first kappa shape index (κ1) is 15.4. The van der Waals surface area contributed by atoms with E-state index in [1.165, 1.54) is 11.6 Å². The van der Waals surface area contributed by atoms with Crippen LogP contribution in [0.2, 0.25) is 0 Å². The van der Waals surface area contributed by atoms with Gasteiger partial charge in [-0.2, -0.15) is 0 Å². The molecular weight excluding hydrogens is 263 g/mol. The third-order valence-electron chi connectivity index (χ3n) is 3.83. The molecule has 0 radical (unpaired) electrons. The summed E-state index contributed by atoms with van der Waals surface area (Å²) in [7, 11) is 0. The number of hydrogen-bond donors (Lipinski definition) is 1. The first-order valence-electron chi connectivity index (χ1n) is 7.29. The van der Waals surface area contributed by atoms with E-state index in [-0.39, 0.29) is 11.2 Å². The summed E-state index contributed by atoms with van der Waals surface area (Å²) in [6.45, 7) is 8.13. The maximum absolute atomic E-state index is 13.4. The van der Waals surface area contributed by atoms with Gasteiger partial charge in [-0.25, -0.2) is 4.39 Å². The van der Waals surface area contributed by atoms with Crippen LogP contribution in [0, 0.1) is 5.82 Å². The van der Waals surface area contributed by atoms with Gasteiger partial charge in [-0.05, 0) is 42.8 Å². The second-order valence-corrected chi connectivity index (χ2v) is 6.00. The van der Waals surface area contributed by atoms with Crippen molar-refractivity contribution in [2.75, 3.05) is 23.7 Å². The van der Waals surface area contributed by atoms with Gasteiger partial charge in [0.2, 0.25) is 0 Å². The van der Waals surface area contributed by atoms with Crippen LogP contribution in [0.3, 0.4) is 0 Å². The molecule has 2 rings (SSSR count). The lowest BCUT2D eigenvalue weighted by Gasteiger charge is -2.34. The number of rotatable bonds is 5. The number of nitrogen functional groups attached to an aromatic ring is 1. The molecule has 0 amide bonds. The van der Waals surface area contributed by atoms with Gasteiger partial charge in [0.25, 0.3) is 0 Å². The van der Waals surface area contributed by atoms with E-state index in [9.17, 15) is 4.39 Å². The van der Waals surface area contributed by atoms with E-state index in [0.717, 1.165) is 24.5 Å². The Hall–Kier alpha value is -2.03. The van der Waals surface area contributed by atoms with Crippen molar-refractivity contribution >= 4 is 11.4 Å². The molecule has 2 aromatic rings. The van der Waals surface area contributed by atoms with Crippen LogP contribution in [0.25, 0.3) is 0 Å². The Morgan fingerprint density at radius 3 is 2.33 bits per heavy atom. The molecule has 21 heavy (non-hydrogen) atoms. The highest BCUT2D eigenvalue weighted by Crippen LogP contribution is 2.27. The Balaban J connectivity index is 2.22. The number of anilines is 2. The highest BCUT2D eigenvalue weighted by atomic mass is 19.1. The second kappa shape index (κ2) is 6.17. The fraction of sp³-hybridized carbons (Fsp3) is 0.333. The minimum Gasteiger partial charge on any atom is -0.399 e. The van der Waals surface area contributed by atoms with E-state index in [2.05, 4.69) is 37.8 Å². The molecule has 2 aromatic carbocycles. The topological polar surface area (TPSA) is 29.3 Å². The summed E-state index contributed by atoms with van der Waals surface area (Å²) in [4.78, 5) is 2.19. The monoisotopic (exact) mass is 286 g/mol. The molecule has 3 heteroatoms. The number of halogens is 1. The van der Waals surface area contributed by atoms with Crippen LogP contribution >= 0.6 is 0 Å². The number of hydrogen-bond acceptors (Lipinski definition) is 2. The smallest absolute Gasteiger partial charge is 0.125 e. The fourth-order valence-electron chi connectivity index (χ4n) is 2.56. The van der Waals surface area contributed by atoms with Gasteiger partial charge in [0.15, 0.2) is 0 Å². The maximum atomic E-state index is 13.4. The van der Waals surface area contributed by atoms with E-state index in [1.807, 2.05) is 18.2 Å². The summed E-state index contributed by atoms with van der Waals surface area (Å²) in [5.41, 5.74) is 8.62. The highest BCUT2D eigenvalue weighted by Gasteiger charge is 2.23. The molecule has 0 saturated carbocycles. The molecule has 0 spiro atoms. The molecule has 112 valence electrons. The van der Waals surface area contributed by atoms with Crippen molar-refractivity contribution in [1.82, 2.24) is 0 Å². The minimum absolute atomic E-state index is 0.0456. The zero-order valence-electron chi connectivity index (χ0n) is 12.9. The summed E-state index contributed by atoms with van der Waals surface area (Å²) >= 11 is 0. The standard InChI is InChI=1S/C18H23FN2/c1-4-21(17-7-5-6-15(19)12-17)13-18(2,3)14-8-10-16(20)11-9-14/h5-12H,4,13,20H2,1-3H3. The molecular formula is C18H23FN2. The van der Waals surface area contributed by atoms with Crippen LogP contribution in [-0.4, -0.2) is 13.1 Å². The lowest BCUT2D eigenvalue weighted by Crippen LogP contribution is -2.37. The molecule has 0 heterocycles. The normalized spacial score (nSPS) is 11.4. The van der Waals surface area contributed by atoms with Crippen molar-refractivity contribution in [3.05, 3.63) is 59.9 Å². The SMILES string of the molecule is CCN(CC(C)(C)c1ccc(N)cc1)c1cccc(F)c1. The van der Waals surface area contributed by atoms with Gasteiger partial charge in [0.05, 0.1) is 0 Å². The fourth-order valence-corrected chi connectivity index (χ4v) is 2.56. The quantitative estimate of drug-likeness (QED) is 0.834. The largest absolute Gasteiger partial charge is 0.399 e. The van der Waals surface area contributed by atoms with E-state index >= 15 is 0 Å². The zero-order chi connectivity index (χ0) is 15.5. The Bertz CT molecular complexity index is 590. The van der Waals surface area contributed by atoms with E-state index < -0.39 is 0 Å². The van der Waals surface area contributed by atoms with Crippen molar-refractivity contribution in [1.29, 1.82) is 0 Å². The van der Waals surface area contributed by atoms with Crippen molar-refractivity contribution in [3.8, 4) is 0 Å². The third-order valence-corrected chi connectivity index (χ3v) is 3.83. The summed E-state index contributed by atoms with van der Waals surface area (Å²) < 4.78 is 13.4. The molecule has 0 aliphatic heterocycles. The lowest BCUT2D eigenvalue weighted by molar-refractivity contribution is 0.513.